The van der Waals surface area contributed by atoms with Crippen LogP contribution >= 0.6 is 0 Å². The summed E-state index contributed by atoms with van der Waals surface area (Å²) in [6.07, 6.45) is -0.200. The molecule has 0 spiro atoms. The standard InChI is InChI=1S/C23H17F3N6O/c1-31-12-14-11-29-18-3-2-8-28-20(18)21(14)32(22(31)33)15-5-6-16(17(9-15)23(24,25)26)13-4-7-19(27)30-10-13/h2-11H,12H2,1H3,(H2,27,30). The van der Waals surface area contributed by atoms with E-state index in [-0.39, 0.29) is 29.2 Å². The van der Waals surface area contributed by atoms with Gasteiger partial charge in [0.1, 0.15) is 11.3 Å². The summed E-state index contributed by atoms with van der Waals surface area (Å²) < 4.78 is 42.3. The maximum absolute atomic E-state index is 14.1. The number of nitrogen functional groups attached to an aromatic ring is 1. The van der Waals surface area contributed by atoms with Gasteiger partial charge in [-0.25, -0.2) is 9.78 Å². The fourth-order valence-corrected chi connectivity index (χ4v) is 3.96. The van der Waals surface area contributed by atoms with Crippen LogP contribution in [0.5, 0.6) is 0 Å². The molecular formula is C23H17F3N6O. The Hall–Kier alpha value is -4.21. The summed E-state index contributed by atoms with van der Waals surface area (Å²) in [6, 6.07) is 9.69. The van der Waals surface area contributed by atoms with Crippen LogP contribution in [0.15, 0.2) is 61.1 Å². The first-order chi connectivity index (χ1) is 15.7. The third-order valence-electron chi connectivity index (χ3n) is 5.49. The van der Waals surface area contributed by atoms with E-state index in [4.69, 9.17) is 5.73 Å². The van der Waals surface area contributed by atoms with Crippen LogP contribution in [-0.4, -0.2) is 32.9 Å². The monoisotopic (exact) mass is 450 g/mol. The number of benzene rings is 1. The third-order valence-corrected chi connectivity index (χ3v) is 5.49. The quantitative estimate of drug-likeness (QED) is 0.465. The average Bonchev–Trinajstić information content (AvgIpc) is 2.79. The van der Waals surface area contributed by atoms with Crippen LogP contribution < -0.4 is 10.6 Å². The molecule has 0 unspecified atom stereocenters. The Labute approximate surface area is 186 Å². The van der Waals surface area contributed by atoms with Crippen LogP contribution in [0, 0.1) is 0 Å². The van der Waals surface area contributed by atoms with Gasteiger partial charge in [-0.05, 0) is 42.0 Å². The number of alkyl halides is 3. The molecule has 5 rings (SSSR count). The molecular weight excluding hydrogens is 433 g/mol. The second-order valence-electron chi connectivity index (χ2n) is 7.68. The molecule has 2 amide bonds. The van der Waals surface area contributed by atoms with Gasteiger partial charge in [0.2, 0.25) is 0 Å². The molecule has 10 heteroatoms. The molecule has 7 nitrogen and oxygen atoms in total. The van der Waals surface area contributed by atoms with Crippen molar-refractivity contribution in [1.29, 1.82) is 0 Å². The van der Waals surface area contributed by atoms with Crippen molar-refractivity contribution in [3.63, 3.8) is 0 Å². The van der Waals surface area contributed by atoms with Crippen LogP contribution in [0.1, 0.15) is 11.1 Å². The van der Waals surface area contributed by atoms with Gasteiger partial charge in [-0.15, -0.1) is 0 Å². The van der Waals surface area contributed by atoms with Gasteiger partial charge in [-0.2, -0.15) is 13.2 Å². The number of fused-ring (bicyclic) bond motifs is 3. The fourth-order valence-electron chi connectivity index (χ4n) is 3.96. The number of amides is 2. The Bertz CT molecular complexity index is 1390. The number of hydrogen-bond acceptors (Lipinski definition) is 5. The minimum absolute atomic E-state index is 0.0607. The largest absolute Gasteiger partial charge is 0.417 e. The summed E-state index contributed by atoms with van der Waals surface area (Å²) >= 11 is 0. The van der Waals surface area contributed by atoms with Crippen molar-refractivity contribution >= 4 is 34.3 Å². The number of nitrogens with two attached hydrogens (primary N) is 1. The number of carbonyl (C=O) groups excluding carboxylic acids is 1. The molecule has 33 heavy (non-hydrogen) atoms. The number of carbonyl (C=O) groups is 1. The van der Waals surface area contributed by atoms with Crippen LogP contribution in [0.25, 0.3) is 22.2 Å². The van der Waals surface area contributed by atoms with Crippen LogP contribution in [0.4, 0.5) is 35.2 Å². The van der Waals surface area contributed by atoms with E-state index in [9.17, 15) is 18.0 Å². The average molecular weight is 450 g/mol. The highest BCUT2D eigenvalue weighted by atomic mass is 19.4. The molecule has 166 valence electrons. The normalized spacial score (nSPS) is 14.0. The molecule has 0 saturated carbocycles. The number of urea groups is 1. The highest BCUT2D eigenvalue weighted by Gasteiger charge is 2.37. The van der Waals surface area contributed by atoms with E-state index in [1.165, 1.54) is 40.3 Å². The van der Waals surface area contributed by atoms with Crippen LogP contribution in [-0.2, 0) is 12.7 Å². The number of nitrogens with zero attached hydrogens (tertiary/aromatic N) is 5. The first-order valence-electron chi connectivity index (χ1n) is 9.95. The lowest BCUT2D eigenvalue weighted by Crippen LogP contribution is -2.42. The van der Waals surface area contributed by atoms with Crippen molar-refractivity contribution in [1.82, 2.24) is 19.9 Å². The molecule has 4 heterocycles. The number of rotatable bonds is 2. The van der Waals surface area contributed by atoms with Gasteiger partial charge in [0.25, 0.3) is 0 Å². The predicted molar refractivity (Wildman–Crippen MR) is 118 cm³/mol. The van der Waals surface area contributed by atoms with Gasteiger partial charge < -0.3 is 10.6 Å². The Balaban J connectivity index is 1.74. The van der Waals surface area contributed by atoms with Crippen LogP contribution in [0.2, 0.25) is 0 Å². The number of aromatic nitrogens is 3. The third kappa shape index (κ3) is 3.49. The molecule has 1 aromatic carbocycles. The van der Waals surface area contributed by atoms with E-state index in [0.717, 1.165) is 6.07 Å². The lowest BCUT2D eigenvalue weighted by Gasteiger charge is -2.35. The Kier molecular flexibility index (Phi) is 4.66. The molecule has 2 N–H and O–H groups in total. The van der Waals surface area contributed by atoms with Crippen molar-refractivity contribution in [2.45, 2.75) is 12.7 Å². The zero-order valence-corrected chi connectivity index (χ0v) is 17.3. The molecule has 3 aromatic heterocycles. The van der Waals surface area contributed by atoms with E-state index < -0.39 is 17.8 Å². The van der Waals surface area contributed by atoms with Gasteiger partial charge in [0, 0.05) is 36.8 Å². The van der Waals surface area contributed by atoms with Crippen molar-refractivity contribution in [2.24, 2.45) is 0 Å². The SMILES string of the molecule is CN1Cc2cnc3cccnc3c2N(c2ccc(-c3ccc(N)nc3)c(C(F)(F)F)c2)C1=O. The topological polar surface area (TPSA) is 88.2 Å². The van der Waals surface area contributed by atoms with Crippen molar-refractivity contribution < 1.29 is 18.0 Å². The molecule has 0 fully saturated rings. The highest BCUT2D eigenvalue weighted by Crippen LogP contribution is 2.43. The summed E-state index contributed by atoms with van der Waals surface area (Å²) in [6.45, 7) is 0.269. The zero-order chi connectivity index (χ0) is 23.3. The summed E-state index contributed by atoms with van der Waals surface area (Å²) in [5.41, 5.74) is 7.06. The van der Waals surface area contributed by atoms with E-state index >= 15 is 0 Å². The maximum atomic E-state index is 14.1. The van der Waals surface area contributed by atoms with E-state index in [2.05, 4.69) is 15.0 Å². The Morgan fingerprint density at radius 2 is 1.85 bits per heavy atom. The smallest absolute Gasteiger partial charge is 0.384 e. The molecule has 0 bridgehead atoms. The second-order valence-corrected chi connectivity index (χ2v) is 7.68. The molecule has 1 aliphatic heterocycles. The summed E-state index contributed by atoms with van der Waals surface area (Å²) in [4.78, 5) is 28.5. The first kappa shape index (κ1) is 20.7. The number of halogens is 3. The van der Waals surface area contributed by atoms with Gasteiger partial charge in [0.05, 0.1) is 29.0 Å². The number of pyridine rings is 3. The van der Waals surface area contributed by atoms with E-state index in [0.29, 0.717) is 22.3 Å². The fraction of sp³-hybridized carbons (Fsp3) is 0.130. The maximum Gasteiger partial charge on any atom is 0.417 e. The molecule has 4 aromatic rings. The van der Waals surface area contributed by atoms with Gasteiger partial charge in [-0.3, -0.25) is 14.9 Å². The summed E-state index contributed by atoms with van der Waals surface area (Å²) in [7, 11) is 1.58. The lowest BCUT2D eigenvalue weighted by molar-refractivity contribution is -0.137. The second kappa shape index (κ2) is 7.44. The number of hydrogen-bond donors (Lipinski definition) is 1. The number of anilines is 3. The van der Waals surface area contributed by atoms with Crippen molar-refractivity contribution in [3.8, 4) is 11.1 Å². The van der Waals surface area contributed by atoms with Gasteiger partial charge in [0.15, 0.2) is 0 Å². The summed E-state index contributed by atoms with van der Waals surface area (Å²) in [5, 5.41) is 0. The molecule has 0 radical (unpaired) electrons. The minimum Gasteiger partial charge on any atom is -0.384 e. The van der Waals surface area contributed by atoms with Gasteiger partial charge in [-0.1, -0.05) is 6.07 Å². The zero-order valence-electron chi connectivity index (χ0n) is 17.3. The van der Waals surface area contributed by atoms with Crippen molar-refractivity contribution in [2.75, 3.05) is 17.7 Å². The van der Waals surface area contributed by atoms with Crippen LogP contribution in [0.3, 0.4) is 0 Å². The molecule has 1 aliphatic rings. The summed E-state index contributed by atoms with van der Waals surface area (Å²) in [5.74, 6) is 0.204. The molecule has 0 saturated heterocycles. The Morgan fingerprint density at radius 1 is 1.03 bits per heavy atom. The van der Waals surface area contributed by atoms with Gasteiger partial charge >= 0.3 is 12.2 Å². The predicted octanol–water partition coefficient (Wildman–Crippen LogP) is 5.00. The minimum atomic E-state index is -4.67. The van der Waals surface area contributed by atoms with E-state index in [1.54, 1.807) is 31.6 Å². The Morgan fingerprint density at radius 3 is 2.58 bits per heavy atom. The highest BCUT2D eigenvalue weighted by molar-refractivity contribution is 6.08. The molecule has 0 aliphatic carbocycles. The molecule has 0 atom stereocenters. The lowest BCUT2D eigenvalue weighted by atomic mass is 9.99. The van der Waals surface area contributed by atoms with Crippen molar-refractivity contribution in [3.05, 3.63) is 72.2 Å². The van der Waals surface area contributed by atoms with E-state index in [1.807, 2.05) is 0 Å². The first-order valence-corrected chi connectivity index (χ1v) is 9.95.